The highest BCUT2D eigenvalue weighted by Gasteiger charge is 2.32. The Morgan fingerprint density at radius 1 is 1.56 bits per heavy atom. The Hall–Kier alpha value is -1.13. The molecule has 2 rings (SSSR count). The van der Waals surface area contributed by atoms with E-state index in [-0.39, 0.29) is 5.54 Å². The van der Waals surface area contributed by atoms with Crippen molar-refractivity contribution in [2.24, 2.45) is 0 Å². The number of ether oxygens (including phenoxy) is 1. The Morgan fingerprint density at radius 3 is 3.11 bits per heavy atom. The molecule has 0 aliphatic carbocycles. The van der Waals surface area contributed by atoms with E-state index in [9.17, 15) is 0 Å². The number of pyridine rings is 1. The Kier molecular flexibility index (Phi) is 4.19. The standard InChI is InChI=1S/C14H23N3O/c1-4-14(2)11-15-8-9-17(14)10-12-6-5-7-16-13(12)18-3/h5-7,15H,4,8-11H2,1-3H3. The zero-order valence-corrected chi connectivity index (χ0v) is 11.6. The number of piperazine rings is 1. The normalized spacial score (nSPS) is 25.1. The fourth-order valence-electron chi connectivity index (χ4n) is 2.51. The average molecular weight is 249 g/mol. The van der Waals surface area contributed by atoms with Crippen molar-refractivity contribution in [2.45, 2.75) is 32.4 Å². The third-order valence-corrected chi connectivity index (χ3v) is 3.99. The third kappa shape index (κ3) is 2.65. The maximum atomic E-state index is 5.34. The molecule has 0 bridgehead atoms. The first kappa shape index (κ1) is 13.3. The number of hydrogen-bond donors (Lipinski definition) is 1. The zero-order valence-electron chi connectivity index (χ0n) is 11.6. The summed E-state index contributed by atoms with van der Waals surface area (Å²) in [5.74, 6) is 0.745. The topological polar surface area (TPSA) is 37.4 Å². The predicted octanol–water partition coefficient (Wildman–Crippen LogP) is 1.66. The van der Waals surface area contributed by atoms with Gasteiger partial charge in [0.25, 0.3) is 0 Å². The van der Waals surface area contributed by atoms with E-state index < -0.39 is 0 Å². The van der Waals surface area contributed by atoms with E-state index >= 15 is 0 Å². The summed E-state index contributed by atoms with van der Waals surface area (Å²) in [5, 5.41) is 3.48. The van der Waals surface area contributed by atoms with Gasteiger partial charge < -0.3 is 10.1 Å². The van der Waals surface area contributed by atoms with E-state index in [4.69, 9.17) is 4.74 Å². The lowest BCUT2D eigenvalue weighted by molar-refractivity contribution is 0.0628. The number of methoxy groups -OCH3 is 1. The van der Waals surface area contributed by atoms with Crippen LogP contribution in [-0.2, 0) is 6.54 Å². The van der Waals surface area contributed by atoms with Gasteiger partial charge in [0, 0.05) is 43.5 Å². The minimum absolute atomic E-state index is 0.221. The van der Waals surface area contributed by atoms with Crippen LogP contribution in [0.5, 0.6) is 5.88 Å². The van der Waals surface area contributed by atoms with Crippen LogP contribution in [-0.4, -0.2) is 42.2 Å². The lowest BCUT2D eigenvalue weighted by Gasteiger charge is -2.45. The SMILES string of the molecule is CCC1(C)CNCCN1Cc1cccnc1OC. The number of aromatic nitrogens is 1. The van der Waals surface area contributed by atoms with Crippen LogP contribution in [0.4, 0.5) is 0 Å². The molecule has 0 aromatic carbocycles. The van der Waals surface area contributed by atoms with Crippen LogP contribution in [0, 0.1) is 0 Å². The van der Waals surface area contributed by atoms with E-state index in [1.807, 2.05) is 6.07 Å². The summed E-state index contributed by atoms with van der Waals surface area (Å²) in [5.41, 5.74) is 1.39. The van der Waals surface area contributed by atoms with E-state index in [1.165, 1.54) is 5.56 Å². The van der Waals surface area contributed by atoms with Gasteiger partial charge in [-0.1, -0.05) is 13.0 Å². The van der Waals surface area contributed by atoms with Crippen LogP contribution in [0.1, 0.15) is 25.8 Å². The highest BCUT2D eigenvalue weighted by Crippen LogP contribution is 2.25. The maximum absolute atomic E-state index is 5.34. The van der Waals surface area contributed by atoms with Gasteiger partial charge in [0.05, 0.1) is 7.11 Å². The van der Waals surface area contributed by atoms with E-state index in [2.05, 4.69) is 35.1 Å². The molecule has 0 saturated carbocycles. The summed E-state index contributed by atoms with van der Waals surface area (Å²) in [4.78, 5) is 6.80. The zero-order chi connectivity index (χ0) is 13.0. The molecular formula is C14H23N3O. The van der Waals surface area contributed by atoms with Crippen LogP contribution < -0.4 is 10.1 Å². The largest absolute Gasteiger partial charge is 0.481 e. The molecule has 1 aliphatic rings. The Labute approximate surface area is 109 Å². The first-order valence-electron chi connectivity index (χ1n) is 6.63. The third-order valence-electron chi connectivity index (χ3n) is 3.99. The molecule has 1 aromatic rings. The van der Waals surface area contributed by atoms with Gasteiger partial charge in [0.15, 0.2) is 0 Å². The molecule has 18 heavy (non-hydrogen) atoms. The Balaban J connectivity index is 2.16. The summed E-state index contributed by atoms with van der Waals surface area (Å²) >= 11 is 0. The molecule has 1 unspecified atom stereocenters. The van der Waals surface area contributed by atoms with Crippen molar-refractivity contribution in [3.63, 3.8) is 0 Å². The van der Waals surface area contributed by atoms with Gasteiger partial charge in [-0.2, -0.15) is 0 Å². The number of nitrogens with zero attached hydrogens (tertiary/aromatic N) is 2. The number of nitrogens with one attached hydrogen (secondary N) is 1. The highest BCUT2D eigenvalue weighted by atomic mass is 16.5. The van der Waals surface area contributed by atoms with Gasteiger partial charge in [0.1, 0.15) is 0 Å². The molecular weight excluding hydrogens is 226 g/mol. The summed E-state index contributed by atoms with van der Waals surface area (Å²) in [6.45, 7) is 8.65. The van der Waals surface area contributed by atoms with Crippen molar-refractivity contribution in [3.05, 3.63) is 23.9 Å². The fourth-order valence-corrected chi connectivity index (χ4v) is 2.51. The summed E-state index contributed by atoms with van der Waals surface area (Å²) < 4.78 is 5.34. The van der Waals surface area contributed by atoms with Crippen molar-refractivity contribution >= 4 is 0 Å². The molecule has 1 aliphatic heterocycles. The molecule has 2 heterocycles. The Morgan fingerprint density at radius 2 is 2.39 bits per heavy atom. The van der Waals surface area contributed by atoms with E-state index in [0.717, 1.165) is 38.5 Å². The molecule has 1 fully saturated rings. The van der Waals surface area contributed by atoms with Crippen LogP contribution in [0.2, 0.25) is 0 Å². The molecule has 4 nitrogen and oxygen atoms in total. The molecule has 0 radical (unpaired) electrons. The smallest absolute Gasteiger partial charge is 0.217 e. The second-order valence-corrected chi connectivity index (χ2v) is 5.12. The lowest BCUT2D eigenvalue weighted by Crippen LogP contribution is -2.58. The highest BCUT2D eigenvalue weighted by molar-refractivity contribution is 5.25. The van der Waals surface area contributed by atoms with Crippen LogP contribution in [0.15, 0.2) is 18.3 Å². The van der Waals surface area contributed by atoms with E-state index in [0.29, 0.717) is 0 Å². The van der Waals surface area contributed by atoms with Gasteiger partial charge in [-0.3, -0.25) is 4.90 Å². The molecule has 1 N–H and O–H groups in total. The molecule has 4 heteroatoms. The molecule has 1 atom stereocenters. The van der Waals surface area contributed by atoms with Crippen molar-refractivity contribution < 1.29 is 4.74 Å². The monoisotopic (exact) mass is 249 g/mol. The van der Waals surface area contributed by atoms with Crippen molar-refractivity contribution in [3.8, 4) is 5.88 Å². The average Bonchev–Trinajstić information content (AvgIpc) is 2.42. The summed E-state index contributed by atoms with van der Waals surface area (Å²) in [7, 11) is 1.68. The second kappa shape index (κ2) is 5.67. The number of rotatable bonds is 4. The molecule has 1 saturated heterocycles. The predicted molar refractivity (Wildman–Crippen MR) is 72.8 cm³/mol. The van der Waals surface area contributed by atoms with Crippen molar-refractivity contribution in [2.75, 3.05) is 26.7 Å². The summed E-state index contributed by atoms with van der Waals surface area (Å²) in [6, 6.07) is 4.08. The van der Waals surface area contributed by atoms with Gasteiger partial charge >= 0.3 is 0 Å². The van der Waals surface area contributed by atoms with Crippen molar-refractivity contribution in [1.82, 2.24) is 15.2 Å². The van der Waals surface area contributed by atoms with Crippen LogP contribution in [0.3, 0.4) is 0 Å². The minimum atomic E-state index is 0.221. The quantitative estimate of drug-likeness (QED) is 0.880. The minimum Gasteiger partial charge on any atom is -0.481 e. The Bertz CT molecular complexity index is 396. The summed E-state index contributed by atoms with van der Waals surface area (Å²) in [6.07, 6.45) is 2.92. The van der Waals surface area contributed by atoms with Crippen molar-refractivity contribution in [1.29, 1.82) is 0 Å². The van der Waals surface area contributed by atoms with Gasteiger partial charge in [-0.15, -0.1) is 0 Å². The lowest BCUT2D eigenvalue weighted by atomic mass is 9.93. The first-order valence-corrected chi connectivity index (χ1v) is 6.63. The van der Waals surface area contributed by atoms with E-state index in [1.54, 1.807) is 13.3 Å². The molecule has 0 amide bonds. The number of hydrogen-bond acceptors (Lipinski definition) is 4. The first-order chi connectivity index (χ1) is 8.69. The maximum Gasteiger partial charge on any atom is 0.217 e. The molecule has 1 aromatic heterocycles. The molecule has 0 spiro atoms. The van der Waals surface area contributed by atoms with Gasteiger partial charge in [0.2, 0.25) is 5.88 Å². The second-order valence-electron chi connectivity index (χ2n) is 5.12. The van der Waals surface area contributed by atoms with Gasteiger partial charge in [-0.25, -0.2) is 4.98 Å². The van der Waals surface area contributed by atoms with Crippen LogP contribution >= 0.6 is 0 Å². The van der Waals surface area contributed by atoms with Crippen LogP contribution in [0.25, 0.3) is 0 Å². The molecule has 100 valence electrons. The van der Waals surface area contributed by atoms with Gasteiger partial charge in [-0.05, 0) is 19.4 Å². The fraction of sp³-hybridized carbons (Fsp3) is 0.643.